The third-order valence-corrected chi connectivity index (χ3v) is 5.89. The second-order valence-corrected chi connectivity index (χ2v) is 8.43. The Bertz CT molecular complexity index is 1040. The quantitative estimate of drug-likeness (QED) is 0.128. The molecule has 0 atom stereocenters. The van der Waals surface area contributed by atoms with Gasteiger partial charge < -0.3 is 4.74 Å². The minimum absolute atomic E-state index is 0.281. The lowest BCUT2D eigenvalue weighted by molar-refractivity contribution is -0.137. The summed E-state index contributed by atoms with van der Waals surface area (Å²) >= 11 is 1.65. The Morgan fingerprint density at radius 3 is 2.81 bits per heavy atom. The first-order valence-electron chi connectivity index (χ1n) is 10.6. The number of hydrogen-bond acceptors (Lipinski definition) is 6. The maximum Gasteiger partial charge on any atom is 0.330 e. The predicted molar refractivity (Wildman–Crippen MR) is 130 cm³/mol. The Morgan fingerprint density at radius 1 is 1.16 bits per heavy atom. The molecule has 0 fully saturated rings. The van der Waals surface area contributed by atoms with Gasteiger partial charge in [-0.25, -0.2) is 14.8 Å². The number of hydrazone groups is 1. The lowest BCUT2D eigenvalue weighted by Crippen LogP contribution is -2.18. The number of carbonyl (C=O) groups excluding carboxylic acids is 1. The SMILES string of the molecule is C/C=C/C(=O)OCCCCCN(/N=C/c1cc(C)ccc1C)c1nc2ccccc2s1. The van der Waals surface area contributed by atoms with Crippen LogP contribution in [-0.2, 0) is 9.53 Å². The maximum absolute atomic E-state index is 11.4. The normalized spacial score (nSPS) is 11.6. The number of esters is 1. The van der Waals surface area contributed by atoms with Crippen LogP contribution in [0.1, 0.15) is 42.9 Å². The smallest absolute Gasteiger partial charge is 0.330 e. The van der Waals surface area contributed by atoms with Crippen LogP contribution in [0, 0.1) is 13.8 Å². The average molecular weight is 436 g/mol. The summed E-state index contributed by atoms with van der Waals surface area (Å²) in [5.41, 5.74) is 4.51. The maximum atomic E-state index is 11.4. The van der Waals surface area contributed by atoms with Crippen molar-refractivity contribution in [1.82, 2.24) is 4.98 Å². The highest BCUT2D eigenvalue weighted by Gasteiger charge is 2.11. The summed E-state index contributed by atoms with van der Waals surface area (Å²) < 4.78 is 6.32. The molecule has 0 aliphatic heterocycles. The summed E-state index contributed by atoms with van der Waals surface area (Å²) in [7, 11) is 0. The lowest BCUT2D eigenvalue weighted by atomic mass is 10.1. The van der Waals surface area contributed by atoms with Crippen LogP contribution in [0.25, 0.3) is 10.2 Å². The van der Waals surface area contributed by atoms with E-state index in [4.69, 9.17) is 14.8 Å². The number of aromatic nitrogens is 1. The summed E-state index contributed by atoms with van der Waals surface area (Å²) in [6.45, 7) is 7.18. The number of rotatable bonds is 10. The first kappa shape index (κ1) is 22.7. The summed E-state index contributed by atoms with van der Waals surface area (Å²) in [6.07, 6.45) is 7.76. The molecule has 162 valence electrons. The van der Waals surface area contributed by atoms with Crippen molar-refractivity contribution >= 4 is 38.9 Å². The van der Waals surface area contributed by atoms with Crippen molar-refractivity contribution in [3.8, 4) is 0 Å². The minimum Gasteiger partial charge on any atom is -0.463 e. The van der Waals surface area contributed by atoms with Crippen LogP contribution in [0.5, 0.6) is 0 Å². The van der Waals surface area contributed by atoms with Gasteiger partial charge in [0.25, 0.3) is 0 Å². The van der Waals surface area contributed by atoms with Gasteiger partial charge in [-0.3, -0.25) is 0 Å². The third-order valence-electron chi connectivity index (χ3n) is 4.84. The number of fused-ring (bicyclic) bond motifs is 1. The van der Waals surface area contributed by atoms with E-state index >= 15 is 0 Å². The van der Waals surface area contributed by atoms with E-state index in [1.165, 1.54) is 17.2 Å². The molecule has 0 radical (unpaired) electrons. The van der Waals surface area contributed by atoms with E-state index < -0.39 is 0 Å². The highest BCUT2D eigenvalue weighted by atomic mass is 32.1. The van der Waals surface area contributed by atoms with Crippen LogP contribution in [0.3, 0.4) is 0 Å². The Hall–Kier alpha value is -2.99. The summed E-state index contributed by atoms with van der Waals surface area (Å²) in [4.78, 5) is 16.2. The number of anilines is 1. The van der Waals surface area contributed by atoms with Crippen molar-refractivity contribution in [3.05, 3.63) is 71.3 Å². The zero-order valence-corrected chi connectivity index (χ0v) is 19.2. The van der Waals surface area contributed by atoms with Crippen LogP contribution in [0.2, 0.25) is 0 Å². The van der Waals surface area contributed by atoms with Crippen LogP contribution in [0.4, 0.5) is 5.13 Å². The fourth-order valence-electron chi connectivity index (χ4n) is 3.10. The fourth-order valence-corrected chi connectivity index (χ4v) is 4.05. The zero-order valence-electron chi connectivity index (χ0n) is 18.4. The van der Waals surface area contributed by atoms with Gasteiger partial charge in [0.15, 0.2) is 0 Å². The first-order chi connectivity index (χ1) is 15.1. The van der Waals surface area contributed by atoms with Gasteiger partial charge in [0.2, 0.25) is 5.13 Å². The number of para-hydroxylation sites is 1. The molecule has 0 spiro atoms. The highest BCUT2D eigenvalue weighted by molar-refractivity contribution is 7.22. The van der Waals surface area contributed by atoms with Crippen LogP contribution < -0.4 is 5.01 Å². The van der Waals surface area contributed by atoms with Crippen molar-refractivity contribution in [2.45, 2.75) is 40.0 Å². The molecule has 2 aromatic carbocycles. The zero-order chi connectivity index (χ0) is 22.1. The van der Waals surface area contributed by atoms with Crippen LogP contribution >= 0.6 is 11.3 Å². The molecule has 0 saturated heterocycles. The van der Waals surface area contributed by atoms with E-state index in [0.717, 1.165) is 46.7 Å². The Balaban J connectivity index is 1.66. The second-order valence-electron chi connectivity index (χ2n) is 7.42. The van der Waals surface area contributed by atoms with Gasteiger partial charge in [0.1, 0.15) is 0 Å². The topological polar surface area (TPSA) is 54.8 Å². The van der Waals surface area contributed by atoms with E-state index in [1.54, 1.807) is 24.3 Å². The summed E-state index contributed by atoms with van der Waals surface area (Å²) in [5.74, 6) is -0.281. The van der Waals surface area contributed by atoms with Crippen molar-refractivity contribution in [1.29, 1.82) is 0 Å². The minimum atomic E-state index is -0.281. The number of benzene rings is 2. The van der Waals surface area contributed by atoms with E-state index in [0.29, 0.717) is 6.61 Å². The first-order valence-corrected chi connectivity index (χ1v) is 11.4. The lowest BCUT2D eigenvalue weighted by Gasteiger charge is -2.16. The van der Waals surface area contributed by atoms with E-state index in [2.05, 4.69) is 38.1 Å². The number of ether oxygens (including phenoxy) is 1. The molecule has 1 heterocycles. The summed E-state index contributed by atoms with van der Waals surface area (Å²) in [5, 5.41) is 7.67. The number of unbranched alkanes of at least 4 members (excludes halogenated alkanes) is 2. The molecule has 6 heteroatoms. The van der Waals surface area contributed by atoms with E-state index in [9.17, 15) is 4.79 Å². The number of nitrogens with zero attached hydrogens (tertiary/aromatic N) is 3. The Kier molecular flexibility index (Phi) is 8.35. The van der Waals surface area contributed by atoms with Crippen LogP contribution in [0.15, 0.2) is 59.7 Å². The molecule has 31 heavy (non-hydrogen) atoms. The molecule has 0 saturated carbocycles. The number of thiazole rings is 1. The van der Waals surface area contributed by atoms with Gasteiger partial charge in [-0.2, -0.15) is 5.10 Å². The molecule has 3 rings (SSSR count). The third kappa shape index (κ3) is 6.76. The molecule has 0 N–H and O–H groups in total. The largest absolute Gasteiger partial charge is 0.463 e. The average Bonchev–Trinajstić information content (AvgIpc) is 3.19. The van der Waals surface area contributed by atoms with Crippen molar-refractivity contribution in [2.24, 2.45) is 5.10 Å². The predicted octanol–water partition coefficient (Wildman–Crippen LogP) is 6.04. The van der Waals surface area contributed by atoms with Gasteiger partial charge in [-0.15, -0.1) is 0 Å². The molecule has 1 aromatic heterocycles. The number of aryl methyl sites for hydroxylation is 2. The highest BCUT2D eigenvalue weighted by Crippen LogP contribution is 2.29. The van der Waals surface area contributed by atoms with Gasteiger partial charge in [-0.05, 0) is 63.3 Å². The molecular weight excluding hydrogens is 406 g/mol. The van der Waals surface area contributed by atoms with Crippen LogP contribution in [-0.4, -0.2) is 30.3 Å². The van der Waals surface area contributed by atoms with E-state index in [1.807, 2.05) is 29.4 Å². The Morgan fingerprint density at radius 2 is 2.00 bits per heavy atom. The molecule has 0 bridgehead atoms. The Labute approximate surface area is 188 Å². The van der Waals surface area contributed by atoms with Crippen molar-refractivity contribution in [2.75, 3.05) is 18.2 Å². The molecule has 5 nitrogen and oxygen atoms in total. The molecule has 0 amide bonds. The number of carbonyl (C=O) groups is 1. The van der Waals surface area contributed by atoms with Crippen molar-refractivity contribution in [3.63, 3.8) is 0 Å². The molecule has 0 unspecified atom stereocenters. The number of allylic oxidation sites excluding steroid dienone is 1. The molecular formula is C25H29N3O2S. The molecule has 0 aliphatic carbocycles. The number of hydrogen-bond donors (Lipinski definition) is 0. The molecule has 3 aromatic rings. The summed E-state index contributed by atoms with van der Waals surface area (Å²) in [6, 6.07) is 14.5. The van der Waals surface area contributed by atoms with Gasteiger partial charge >= 0.3 is 5.97 Å². The second kappa shape index (κ2) is 11.4. The monoisotopic (exact) mass is 435 g/mol. The van der Waals surface area contributed by atoms with E-state index in [-0.39, 0.29) is 5.97 Å². The van der Waals surface area contributed by atoms with Crippen molar-refractivity contribution < 1.29 is 9.53 Å². The molecule has 0 aliphatic rings. The van der Waals surface area contributed by atoms with Gasteiger partial charge in [0.05, 0.1) is 23.0 Å². The standard InChI is InChI=1S/C25H29N3O2S/c1-4-10-24(29)30-16-9-5-8-15-28(25-27-22-11-6-7-12-23(22)31-25)26-18-21-17-19(2)13-14-20(21)3/h4,6-7,10-14,17-18H,5,8-9,15-16H2,1-3H3/b10-4+,26-18+. The fraction of sp³-hybridized carbons (Fsp3) is 0.320. The van der Waals surface area contributed by atoms with Gasteiger partial charge in [0, 0.05) is 12.6 Å². The van der Waals surface area contributed by atoms with Gasteiger partial charge in [-0.1, -0.05) is 53.3 Å².